The molecule has 0 aromatic heterocycles. The Bertz CT molecular complexity index is 300. The molecule has 1 atom stereocenters. The molecule has 1 heterocycles. The molecule has 1 aliphatic rings. The molecule has 0 aromatic rings. The maximum absolute atomic E-state index is 12.1. The van der Waals surface area contributed by atoms with Crippen LogP contribution in [0.1, 0.15) is 33.6 Å². The molecule has 1 amide bonds. The summed E-state index contributed by atoms with van der Waals surface area (Å²) in [6, 6.07) is -0.457. The van der Waals surface area contributed by atoms with E-state index in [9.17, 15) is 18.0 Å². The van der Waals surface area contributed by atoms with Crippen molar-refractivity contribution in [3.05, 3.63) is 0 Å². The minimum absolute atomic E-state index is 0.289. The molecule has 0 aromatic carbocycles. The molecule has 0 radical (unpaired) electrons. The number of amides is 1. The second kappa shape index (κ2) is 5.34. The molecule has 0 saturated carbocycles. The Morgan fingerprint density at radius 2 is 2.00 bits per heavy atom. The summed E-state index contributed by atoms with van der Waals surface area (Å²) >= 11 is 0. The van der Waals surface area contributed by atoms with Crippen LogP contribution in [0.4, 0.5) is 18.0 Å². The van der Waals surface area contributed by atoms with Crippen molar-refractivity contribution in [3.8, 4) is 0 Å². The number of halogens is 3. The fraction of sp³-hybridized carbons (Fsp3) is 0.909. The van der Waals surface area contributed by atoms with Crippen LogP contribution in [0.2, 0.25) is 0 Å². The first-order valence-corrected chi connectivity index (χ1v) is 5.90. The summed E-state index contributed by atoms with van der Waals surface area (Å²) in [7, 11) is 0. The third-order valence-corrected chi connectivity index (χ3v) is 2.54. The average molecular weight is 268 g/mol. The van der Waals surface area contributed by atoms with Crippen LogP contribution in [0, 0.1) is 0 Å². The zero-order valence-corrected chi connectivity index (χ0v) is 10.8. The Morgan fingerprint density at radius 3 is 2.50 bits per heavy atom. The first kappa shape index (κ1) is 15.1. The quantitative estimate of drug-likeness (QED) is 0.782. The first-order valence-electron chi connectivity index (χ1n) is 5.90. The Kier molecular flexibility index (Phi) is 4.47. The minimum Gasteiger partial charge on any atom is -0.444 e. The van der Waals surface area contributed by atoms with E-state index in [4.69, 9.17) is 4.74 Å². The van der Waals surface area contributed by atoms with E-state index in [0.717, 1.165) is 0 Å². The van der Waals surface area contributed by atoms with E-state index < -0.39 is 24.0 Å². The van der Waals surface area contributed by atoms with Crippen molar-refractivity contribution in [2.75, 3.05) is 13.1 Å². The normalized spacial score (nSPS) is 21.2. The molecule has 0 spiro atoms. The van der Waals surface area contributed by atoms with E-state index >= 15 is 0 Å². The van der Waals surface area contributed by atoms with Gasteiger partial charge in [-0.25, -0.2) is 10.1 Å². The number of nitrogens with one attached hydrogen (secondary N) is 1. The molecule has 1 saturated heterocycles. The van der Waals surface area contributed by atoms with Crippen LogP contribution < -0.4 is 5.32 Å². The molecular formula is C11H19F3N2O2. The molecule has 7 heteroatoms. The molecule has 0 aliphatic carbocycles. The lowest BCUT2D eigenvalue weighted by Gasteiger charge is -2.29. The Labute approximate surface area is 104 Å². The number of carbonyl (C=O) groups is 1. The van der Waals surface area contributed by atoms with Gasteiger partial charge in [-0.15, -0.1) is 0 Å². The topological polar surface area (TPSA) is 41.6 Å². The minimum atomic E-state index is -4.41. The molecule has 1 fully saturated rings. The number of ether oxygens (including phenoxy) is 1. The molecule has 0 bridgehead atoms. The van der Waals surface area contributed by atoms with Gasteiger partial charge in [0.2, 0.25) is 0 Å². The molecule has 1 N–H and O–H groups in total. The highest BCUT2D eigenvalue weighted by atomic mass is 19.4. The summed E-state index contributed by atoms with van der Waals surface area (Å²) in [6.45, 7) is 5.33. The summed E-state index contributed by atoms with van der Waals surface area (Å²) in [6.07, 6.45) is -3.71. The predicted molar refractivity (Wildman–Crippen MR) is 60.0 cm³/mol. The van der Waals surface area contributed by atoms with Gasteiger partial charge in [0.05, 0.1) is 0 Å². The van der Waals surface area contributed by atoms with Crippen molar-refractivity contribution in [2.45, 2.75) is 51.6 Å². The van der Waals surface area contributed by atoms with Crippen molar-refractivity contribution in [1.29, 1.82) is 0 Å². The van der Waals surface area contributed by atoms with Crippen LogP contribution in [0.5, 0.6) is 0 Å². The second-order valence-corrected chi connectivity index (χ2v) is 5.35. The van der Waals surface area contributed by atoms with E-state index in [2.05, 4.69) is 0 Å². The number of hydrogen-bond donors (Lipinski definition) is 1. The van der Waals surface area contributed by atoms with Gasteiger partial charge < -0.3 is 9.64 Å². The van der Waals surface area contributed by atoms with Gasteiger partial charge in [0.25, 0.3) is 0 Å². The van der Waals surface area contributed by atoms with E-state index in [1.54, 1.807) is 20.8 Å². The fourth-order valence-corrected chi connectivity index (χ4v) is 1.84. The predicted octanol–water partition coefficient (Wildman–Crippen LogP) is 2.50. The Hall–Kier alpha value is -0.980. The number of likely N-dealkylation sites (tertiary alicyclic amines) is 1. The van der Waals surface area contributed by atoms with E-state index in [0.29, 0.717) is 19.4 Å². The first-order chi connectivity index (χ1) is 8.08. The van der Waals surface area contributed by atoms with E-state index in [1.807, 2.05) is 0 Å². The van der Waals surface area contributed by atoms with Gasteiger partial charge >= 0.3 is 12.4 Å². The van der Waals surface area contributed by atoms with Crippen LogP contribution >= 0.6 is 0 Å². The van der Waals surface area contributed by atoms with Gasteiger partial charge in [-0.05, 0) is 33.6 Å². The summed E-state index contributed by atoms with van der Waals surface area (Å²) in [4.78, 5) is 13.2. The van der Waals surface area contributed by atoms with Crippen LogP contribution in [0.25, 0.3) is 0 Å². The molecule has 1 aliphatic heterocycles. The van der Waals surface area contributed by atoms with Gasteiger partial charge in [0.15, 0.2) is 0 Å². The average Bonchev–Trinajstić information content (AvgIpc) is 2.58. The van der Waals surface area contributed by atoms with Crippen molar-refractivity contribution in [2.24, 2.45) is 0 Å². The molecular weight excluding hydrogens is 249 g/mol. The summed E-state index contributed by atoms with van der Waals surface area (Å²) in [5.41, 5.74) is -0.637. The van der Waals surface area contributed by atoms with Gasteiger partial charge in [-0.2, -0.15) is 13.2 Å². The van der Waals surface area contributed by atoms with Crippen LogP contribution in [-0.2, 0) is 4.74 Å². The van der Waals surface area contributed by atoms with E-state index in [1.165, 1.54) is 10.2 Å². The lowest BCUT2D eigenvalue weighted by Crippen LogP contribution is -2.46. The molecule has 1 unspecified atom stereocenters. The van der Waals surface area contributed by atoms with Crippen molar-refractivity contribution in [3.63, 3.8) is 0 Å². The highest BCUT2D eigenvalue weighted by Crippen LogP contribution is 2.21. The van der Waals surface area contributed by atoms with Crippen LogP contribution in [0.3, 0.4) is 0 Å². The maximum atomic E-state index is 12.1. The molecule has 1 rings (SSSR count). The summed E-state index contributed by atoms with van der Waals surface area (Å²) < 4.78 is 41.3. The van der Waals surface area contributed by atoms with Crippen molar-refractivity contribution >= 4 is 6.09 Å². The lowest BCUT2D eigenvalue weighted by atomic mass is 10.2. The van der Waals surface area contributed by atoms with Crippen LogP contribution in [-0.4, -0.2) is 42.0 Å². The standard InChI is InChI=1S/C11H19F3N2O2/c1-10(2,3)18-9(17)16-6-4-5-8(16)7-15-11(12,13)14/h8,15H,4-7H2,1-3H3. The van der Waals surface area contributed by atoms with Crippen molar-refractivity contribution in [1.82, 2.24) is 10.2 Å². The van der Waals surface area contributed by atoms with Gasteiger partial charge in [0, 0.05) is 19.1 Å². The molecule has 4 nitrogen and oxygen atoms in total. The maximum Gasteiger partial charge on any atom is 0.457 e. The lowest BCUT2D eigenvalue weighted by molar-refractivity contribution is -0.158. The Morgan fingerprint density at radius 1 is 1.39 bits per heavy atom. The smallest absolute Gasteiger partial charge is 0.444 e. The second-order valence-electron chi connectivity index (χ2n) is 5.35. The highest BCUT2D eigenvalue weighted by Gasteiger charge is 2.35. The number of hydrogen-bond acceptors (Lipinski definition) is 3. The number of carbonyl (C=O) groups excluding carboxylic acids is 1. The zero-order valence-electron chi connectivity index (χ0n) is 10.8. The fourth-order valence-electron chi connectivity index (χ4n) is 1.84. The van der Waals surface area contributed by atoms with Crippen molar-refractivity contribution < 1.29 is 22.7 Å². The van der Waals surface area contributed by atoms with Gasteiger partial charge in [-0.1, -0.05) is 0 Å². The largest absolute Gasteiger partial charge is 0.457 e. The molecule has 106 valence electrons. The third kappa shape index (κ3) is 5.12. The van der Waals surface area contributed by atoms with Crippen LogP contribution in [0.15, 0.2) is 0 Å². The zero-order chi connectivity index (χ0) is 14.0. The summed E-state index contributed by atoms with van der Waals surface area (Å²) in [5.74, 6) is 0. The van der Waals surface area contributed by atoms with Gasteiger partial charge in [0.1, 0.15) is 5.60 Å². The number of alkyl halides is 3. The number of rotatable bonds is 2. The molecule has 18 heavy (non-hydrogen) atoms. The third-order valence-electron chi connectivity index (χ3n) is 2.54. The van der Waals surface area contributed by atoms with Gasteiger partial charge in [-0.3, -0.25) is 0 Å². The van der Waals surface area contributed by atoms with E-state index in [-0.39, 0.29) is 6.54 Å². The highest BCUT2D eigenvalue weighted by molar-refractivity contribution is 5.69. The monoisotopic (exact) mass is 268 g/mol. The summed E-state index contributed by atoms with van der Waals surface area (Å²) in [5, 5.41) is 1.46. The SMILES string of the molecule is CC(C)(C)OC(=O)N1CCCC1CNC(F)(F)F. The number of nitrogens with zero attached hydrogens (tertiary/aromatic N) is 1. The Balaban J connectivity index is 2.51.